The zero-order chi connectivity index (χ0) is 110. The lowest BCUT2D eigenvalue weighted by Gasteiger charge is -2.46. The fourth-order valence-electron chi connectivity index (χ4n) is 20.5. The third-order valence-electron chi connectivity index (χ3n) is 26.8. The Bertz CT molecular complexity index is 10100. The van der Waals surface area contributed by atoms with E-state index < -0.39 is 190 Å². The van der Waals surface area contributed by atoms with E-state index in [4.69, 9.17) is 8.22 Å². The maximum absolute atomic E-state index is 10.7. The lowest BCUT2D eigenvalue weighted by Crippen LogP contribution is -2.61. The summed E-state index contributed by atoms with van der Waals surface area (Å²) in [5.74, 6) is 0. The summed E-state index contributed by atoms with van der Waals surface area (Å²) in [6.07, 6.45) is 0. The van der Waals surface area contributed by atoms with E-state index in [1.54, 1.807) is 0 Å². The standard InChI is InChI=1S/C126H96BN5/c1-124(2,3)91-62-69-113-105(72-91)117-121-116(98-48-30-33-51-110(98)130(113)121)122-118-123(117)132(120-100(86-44-26-15-27-45-86)74-93(126(7,8)9)76-102(120)88-58-54-84(55-59-88)80-36-18-11-19-37-80)115-78-95(129-109-50-32-29-47-97(109)104-71-90(61-68-112(104)129)82-40-22-13-23-41-82)64-66-107(115)127(118)106-65-63-94(128-108-49-31-28-46-96(108)103-70-89(60-67-111(103)128)81-38-20-12-21-39-81)77-114(106)131(122)119-99(85-42-24-14-25-43-85)73-92(125(4,5)6)75-101(119)87-56-52-83(53-57-87)79-34-16-10-17-35-79/h10-78H,1-9H3/i12D,13D,20D,21D,22D,23D,28D,29D,31D,32D,38D,39D,40D,41D,46D,47D,49D,50D,60D,61D,67D,68D,70D,71D. The van der Waals surface area contributed by atoms with Crippen molar-refractivity contribution in [2.45, 2.75) is 78.6 Å². The first-order valence-electron chi connectivity index (χ1n) is 56.6. The molecule has 628 valence electrons. The van der Waals surface area contributed by atoms with Gasteiger partial charge in [0.25, 0.3) is 6.71 Å². The largest absolute Gasteiger partial charge is 0.309 e. The third-order valence-corrected chi connectivity index (χ3v) is 26.8. The Kier molecular flexibility index (Phi) is 13.0. The van der Waals surface area contributed by atoms with Crippen LogP contribution in [0.25, 0.3) is 182 Å². The molecule has 6 heteroatoms. The van der Waals surface area contributed by atoms with E-state index in [2.05, 4.69) is 228 Å². The van der Waals surface area contributed by atoms with Crippen molar-refractivity contribution in [3.63, 3.8) is 0 Å². The van der Waals surface area contributed by atoms with Crippen LogP contribution in [0, 0.1) is 0 Å². The Morgan fingerprint density at radius 1 is 0.242 bits per heavy atom. The van der Waals surface area contributed by atoms with Crippen molar-refractivity contribution in [2.75, 3.05) is 9.80 Å². The molecule has 0 bridgehead atoms. The lowest BCUT2D eigenvalue weighted by molar-refractivity contribution is 0.590. The van der Waals surface area contributed by atoms with Gasteiger partial charge in [-0.1, -0.05) is 377 Å². The molecule has 2 aliphatic heterocycles. The van der Waals surface area contributed by atoms with Gasteiger partial charge in [0.15, 0.2) is 0 Å². The topological polar surface area (TPSA) is 20.8 Å². The molecule has 0 saturated heterocycles. The van der Waals surface area contributed by atoms with Gasteiger partial charge in [0, 0.05) is 88.1 Å². The van der Waals surface area contributed by atoms with Gasteiger partial charge in [0.1, 0.15) is 0 Å². The second-order valence-electron chi connectivity index (χ2n) is 37.7. The van der Waals surface area contributed by atoms with Gasteiger partial charge in [-0.25, -0.2) is 0 Å². The predicted molar refractivity (Wildman–Crippen MR) is 563 cm³/mol. The van der Waals surface area contributed by atoms with Gasteiger partial charge >= 0.3 is 0 Å². The number of para-hydroxylation sites is 3. The molecule has 2 aliphatic rings. The van der Waals surface area contributed by atoms with Crippen LogP contribution in [0.4, 0.5) is 34.1 Å². The average Bonchev–Trinajstić information content (AvgIpc) is 1.46. The molecular formula is C126H96BN5. The number of hydrogen-bond donors (Lipinski definition) is 0. The van der Waals surface area contributed by atoms with Crippen LogP contribution in [0.1, 0.15) is 112 Å². The number of fused-ring (bicyclic) bond motifs is 18. The highest BCUT2D eigenvalue weighted by molar-refractivity contribution is 7.01. The summed E-state index contributed by atoms with van der Waals surface area (Å²) in [6, 6.07) is 76.5. The molecule has 0 aliphatic carbocycles. The number of anilines is 6. The molecule has 25 rings (SSSR count). The van der Waals surface area contributed by atoms with Gasteiger partial charge < -0.3 is 23.3 Å². The molecule has 0 N–H and O–H groups in total. The summed E-state index contributed by atoms with van der Waals surface area (Å²) in [7, 11) is 0. The van der Waals surface area contributed by atoms with E-state index in [1.165, 1.54) is 9.13 Å². The van der Waals surface area contributed by atoms with Crippen LogP contribution >= 0.6 is 0 Å². The smallest absolute Gasteiger partial charge is 0.252 e. The molecule has 23 aromatic rings. The normalized spacial score (nSPS) is 15.4. The maximum atomic E-state index is 10.7. The Labute approximate surface area is 804 Å². The summed E-state index contributed by atoms with van der Waals surface area (Å²) in [4.78, 5) is 4.75. The van der Waals surface area contributed by atoms with E-state index in [0.717, 1.165) is 127 Å². The lowest BCUT2D eigenvalue weighted by atomic mass is 9.33. The molecular weight excluding hydrogens is 1590 g/mol. The van der Waals surface area contributed by atoms with Crippen molar-refractivity contribution < 1.29 is 32.9 Å². The predicted octanol–water partition coefficient (Wildman–Crippen LogP) is 32.3. The molecule has 5 nitrogen and oxygen atoms in total. The fourth-order valence-corrected chi connectivity index (χ4v) is 20.5. The second-order valence-corrected chi connectivity index (χ2v) is 37.7. The highest BCUT2D eigenvalue weighted by Crippen LogP contribution is 2.61. The summed E-state index contributed by atoms with van der Waals surface area (Å²) >= 11 is 0. The van der Waals surface area contributed by atoms with Crippen LogP contribution in [0.3, 0.4) is 0 Å². The van der Waals surface area contributed by atoms with Crippen molar-refractivity contribution in [3.8, 4) is 100 Å². The van der Waals surface area contributed by atoms with Gasteiger partial charge in [-0.2, -0.15) is 0 Å². The van der Waals surface area contributed by atoms with Crippen LogP contribution in [0.15, 0.2) is 418 Å². The van der Waals surface area contributed by atoms with E-state index in [1.807, 2.05) is 121 Å². The monoisotopic (exact) mass is 1710 g/mol. The molecule has 0 spiro atoms. The van der Waals surface area contributed by atoms with E-state index in [9.17, 15) is 24.7 Å². The summed E-state index contributed by atoms with van der Waals surface area (Å²) in [5.41, 5.74) is 16.3. The van der Waals surface area contributed by atoms with Crippen LogP contribution in [0.5, 0.6) is 0 Å². The Morgan fingerprint density at radius 2 is 0.598 bits per heavy atom. The van der Waals surface area contributed by atoms with Gasteiger partial charge in [-0.3, -0.25) is 0 Å². The highest BCUT2D eigenvalue weighted by atomic mass is 15.2. The molecule has 132 heavy (non-hydrogen) atoms. The van der Waals surface area contributed by atoms with E-state index in [0.29, 0.717) is 45.0 Å². The number of hydrogen-bond acceptors (Lipinski definition) is 2. The van der Waals surface area contributed by atoms with Crippen molar-refractivity contribution in [1.29, 1.82) is 0 Å². The van der Waals surface area contributed by atoms with Crippen LogP contribution in [-0.2, 0) is 16.2 Å². The molecule has 0 fully saturated rings. The molecule has 0 atom stereocenters. The maximum Gasteiger partial charge on any atom is 0.252 e. The zero-order valence-corrected chi connectivity index (χ0v) is 73.8. The first kappa shape index (κ1) is 57.2. The fraction of sp³-hybridized carbons (Fsp3) is 0.0952. The number of rotatable bonds is 12. The second kappa shape index (κ2) is 29.9. The van der Waals surface area contributed by atoms with Crippen LogP contribution in [0.2, 0.25) is 0 Å². The van der Waals surface area contributed by atoms with Crippen LogP contribution in [-0.4, -0.2) is 20.2 Å². The SMILES string of the molecule is [2H]c1c([2H])c([2H])c(-c2c([2H])c([2H])c3c(c2[2H])c2c([2H])c([2H])c([2H])c([2H])c2n3-c2ccc3c(c2)N(c2c(-c4ccccc4)cc(C(C)(C)C)cc2-c2ccc(-c4ccccc4)cc2)c2c4c(c5c6cc(C(C)(C)C)ccc6n6c7ccccc7c2c56)N(c2c(-c5ccccc5)cc(C(C)(C)C)cc2-c2ccc(-c5ccccc5)cc2)c2cc(-n5c6c([2H])c([2H])c([2H])c([2H])c6c6c([2H])c(-c7c([2H])c([2H])c([2H])c([2H])c7[2H])c([2H])c([2H])c65)ccc2B34)c([2H])c1[2H]. The van der Waals surface area contributed by atoms with E-state index >= 15 is 0 Å². The molecule has 0 unspecified atom stereocenters. The summed E-state index contributed by atoms with van der Waals surface area (Å²) in [5, 5.41) is 2.17. The quantitative estimate of drug-likeness (QED) is 0.114. The first-order chi connectivity index (χ1) is 74.4. The van der Waals surface area contributed by atoms with Gasteiger partial charge in [0.2, 0.25) is 0 Å². The van der Waals surface area contributed by atoms with Crippen molar-refractivity contribution in [2.24, 2.45) is 0 Å². The Morgan fingerprint density at radius 3 is 1.03 bits per heavy atom. The van der Waals surface area contributed by atoms with Gasteiger partial charge in [0.05, 0.1) is 94.3 Å². The van der Waals surface area contributed by atoms with Crippen molar-refractivity contribution in [1.82, 2.24) is 13.5 Å². The summed E-state index contributed by atoms with van der Waals surface area (Å²) in [6.45, 7) is 18.6. The highest BCUT2D eigenvalue weighted by Gasteiger charge is 2.49. The summed E-state index contributed by atoms with van der Waals surface area (Å²) < 4.78 is 240. The molecule has 19 aromatic carbocycles. The minimum Gasteiger partial charge on any atom is -0.309 e. The minimum absolute atomic E-state index is 0.153. The van der Waals surface area contributed by atoms with Crippen molar-refractivity contribution >= 4 is 139 Å². The Balaban J connectivity index is 0.933. The van der Waals surface area contributed by atoms with Crippen LogP contribution < -0.4 is 26.2 Å². The zero-order valence-electron chi connectivity index (χ0n) is 97.8. The first-order valence-corrected chi connectivity index (χ1v) is 44.6. The number of benzene rings is 19. The molecule has 0 saturated carbocycles. The average molecular weight is 1720 g/mol. The number of nitrogens with zero attached hydrogens (tertiary/aromatic N) is 5. The number of aromatic nitrogens is 3. The molecule has 4 aromatic heterocycles. The minimum atomic E-state index is -1.05. The molecule has 0 amide bonds. The molecule has 6 heterocycles. The third kappa shape index (κ3) is 12.4. The van der Waals surface area contributed by atoms with Crippen molar-refractivity contribution in [3.05, 3.63) is 435 Å². The molecule has 0 radical (unpaired) electrons. The van der Waals surface area contributed by atoms with Gasteiger partial charge in [-0.15, -0.1) is 0 Å². The van der Waals surface area contributed by atoms with E-state index in [-0.39, 0.29) is 55.0 Å². The Hall–Kier alpha value is -15.8. The van der Waals surface area contributed by atoms with Gasteiger partial charge in [-0.05, 0) is 219 Å².